The van der Waals surface area contributed by atoms with Crippen LogP contribution >= 0.6 is 0 Å². The molecule has 2 aliphatic heterocycles. The van der Waals surface area contributed by atoms with Gasteiger partial charge in [0, 0.05) is 37.8 Å². The third-order valence-corrected chi connectivity index (χ3v) is 4.99. The van der Waals surface area contributed by atoms with Gasteiger partial charge in [0.25, 0.3) is 0 Å². The van der Waals surface area contributed by atoms with Gasteiger partial charge in [-0.1, -0.05) is 0 Å². The van der Waals surface area contributed by atoms with Crippen molar-refractivity contribution in [1.82, 2.24) is 9.80 Å². The minimum atomic E-state index is -0.454. The molecule has 0 aliphatic carbocycles. The van der Waals surface area contributed by atoms with E-state index in [9.17, 15) is 5.11 Å². The van der Waals surface area contributed by atoms with Crippen LogP contribution in [0.15, 0.2) is 12.1 Å². The maximum absolute atomic E-state index is 10.9. The molecule has 0 spiro atoms. The lowest BCUT2D eigenvalue weighted by Gasteiger charge is -2.39. The summed E-state index contributed by atoms with van der Waals surface area (Å²) in [6.45, 7) is 9.07. The molecule has 0 saturated carbocycles. The molecule has 0 radical (unpaired) electrons. The van der Waals surface area contributed by atoms with Crippen molar-refractivity contribution in [3.05, 3.63) is 28.8 Å². The van der Waals surface area contributed by atoms with Crippen molar-refractivity contribution < 1.29 is 9.84 Å². The Bertz CT molecular complexity index is 510. The van der Waals surface area contributed by atoms with E-state index in [1.54, 1.807) is 0 Å². The summed E-state index contributed by atoms with van der Waals surface area (Å²) >= 11 is 0. The zero-order valence-electron chi connectivity index (χ0n) is 13.3. The monoisotopic (exact) mass is 290 g/mol. The number of nitrogens with zero attached hydrogens (tertiary/aromatic N) is 2. The zero-order valence-corrected chi connectivity index (χ0v) is 13.3. The summed E-state index contributed by atoms with van der Waals surface area (Å²) in [4.78, 5) is 4.77. The minimum Gasteiger partial charge on any atom is -0.493 e. The van der Waals surface area contributed by atoms with Gasteiger partial charge in [0.1, 0.15) is 5.75 Å². The van der Waals surface area contributed by atoms with Gasteiger partial charge in [-0.3, -0.25) is 4.90 Å². The summed E-state index contributed by atoms with van der Waals surface area (Å²) in [6.07, 6.45) is 0.433. The quantitative estimate of drug-likeness (QED) is 0.854. The SMILES string of the molecule is Cc1cc2c(cc1C)[C@@H](O)[C@@H](N1CCN(C)CC1)CCO2. The van der Waals surface area contributed by atoms with Gasteiger partial charge in [0.05, 0.1) is 12.7 Å². The molecule has 4 heteroatoms. The van der Waals surface area contributed by atoms with E-state index in [1.165, 1.54) is 11.1 Å². The van der Waals surface area contributed by atoms with Crippen LogP contribution in [0.3, 0.4) is 0 Å². The number of aliphatic hydroxyl groups is 1. The van der Waals surface area contributed by atoms with E-state index in [0.29, 0.717) is 6.61 Å². The van der Waals surface area contributed by atoms with Crippen LogP contribution in [0.5, 0.6) is 5.75 Å². The first-order chi connectivity index (χ1) is 10.1. The van der Waals surface area contributed by atoms with Crippen molar-refractivity contribution >= 4 is 0 Å². The summed E-state index contributed by atoms with van der Waals surface area (Å²) < 4.78 is 5.90. The number of likely N-dealkylation sites (N-methyl/N-ethyl adjacent to an activating group) is 1. The maximum atomic E-state index is 10.9. The first kappa shape index (κ1) is 14.8. The fraction of sp³-hybridized carbons (Fsp3) is 0.647. The van der Waals surface area contributed by atoms with Crippen LogP contribution in [-0.2, 0) is 0 Å². The fourth-order valence-corrected chi connectivity index (χ4v) is 3.36. The molecule has 0 unspecified atom stereocenters. The van der Waals surface area contributed by atoms with E-state index in [-0.39, 0.29) is 6.04 Å². The Morgan fingerprint density at radius 3 is 2.48 bits per heavy atom. The summed E-state index contributed by atoms with van der Waals surface area (Å²) in [5.41, 5.74) is 3.40. The lowest BCUT2D eigenvalue weighted by molar-refractivity contribution is 0.0191. The van der Waals surface area contributed by atoms with Crippen LogP contribution in [0, 0.1) is 13.8 Å². The molecule has 1 fully saturated rings. The number of aryl methyl sites for hydroxylation is 2. The number of hydrogen-bond donors (Lipinski definition) is 1. The number of aliphatic hydroxyl groups excluding tert-OH is 1. The highest BCUT2D eigenvalue weighted by Gasteiger charge is 2.33. The molecular weight excluding hydrogens is 264 g/mol. The Morgan fingerprint density at radius 2 is 1.76 bits per heavy atom. The second kappa shape index (κ2) is 5.95. The maximum Gasteiger partial charge on any atom is 0.125 e. The Kier molecular flexibility index (Phi) is 4.20. The van der Waals surface area contributed by atoms with E-state index in [1.807, 2.05) is 0 Å². The Labute approximate surface area is 127 Å². The third-order valence-electron chi connectivity index (χ3n) is 4.99. The first-order valence-electron chi connectivity index (χ1n) is 7.91. The van der Waals surface area contributed by atoms with Crippen molar-refractivity contribution in [2.45, 2.75) is 32.4 Å². The molecule has 4 nitrogen and oxygen atoms in total. The largest absolute Gasteiger partial charge is 0.493 e. The van der Waals surface area contributed by atoms with Crippen molar-refractivity contribution in [3.63, 3.8) is 0 Å². The Hall–Kier alpha value is -1.10. The van der Waals surface area contributed by atoms with Crippen LogP contribution in [0.4, 0.5) is 0 Å². The Balaban J connectivity index is 1.85. The molecule has 3 rings (SSSR count). The average molecular weight is 290 g/mol. The third kappa shape index (κ3) is 2.93. The molecule has 2 atom stereocenters. The van der Waals surface area contributed by atoms with E-state index in [4.69, 9.17) is 4.74 Å². The van der Waals surface area contributed by atoms with Crippen LogP contribution in [-0.4, -0.2) is 60.8 Å². The number of piperazine rings is 1. The predicted octanol–water partition coefficient (Wildman–Crippen LogP) is 1.74. The van der Waals surface area contributed by atoms with Gasteiger partial charge >= 0.3 is 0 Å². The van der Waals surface area contributed by atoms with Gasteiger partial charge in [-0.15, -0.1) is 0 Å². The molecule has 2 aliphatic rings. The zero-order chi connectivity index (χ0) is 15.0. The number of benzene rings is 1. The summed E-state index contributed by atoms with van der Waals surface area (Å²) in [7, 11) is 2.16. The van der Waals surface area contributed by atoms with E-state index < -0.39 is 6.10 Å². The number of ether oxygens (including phenoxy) is 1. The highest BCUT2D eigenvalue weighted by atomic mass is 16.5. The molecular formula is C17H26N2O2. The molecule has 1 N–H and O–H groups in total. The lowest BCUT2D eigenvalue weighted by Crippen LogP contribution is -2.50. The molecule has 0 aromatic heterocycles. The molecule has 0 amide bonds. The van der Waals surface area contributed by atoms with Crippen LogP contribution in [0.1, 0.15) is 29.2 Å². The topological polar surface area (TPSA) is 35.9 Å². The number of fused-ring (bicyclic) bond motifs is 1. The highest BCUT2D eigenvalue weighted by Crippen LogP contribution is 2.36. The van der Waals surface area contributed by atoms with Crippen LogP contribution < -0.4 is 4.74 Å². The molecule has 1 aromatic carbocycles. The van der Waals surface area contributed by atoms with Crippen molar-refractivity contribution in [3.8, 4) is 5.75 Å². The van der Waals surface area contributed by atoms with Gasteiger partial charge in [-0.05, 0) is 50.6 Å². The smallest absolute Gasteiger partial charge is 0.125 e. The summed E-state index contributed by atoms with van der Waals surface area (Å²) in [6, 6.07) is 4.34. The van der Waals surface area contributed by atoms with E-state index >= 15 is 0 Å². The van der Waals surface area contributed by atoms with Gasteiger partial charge in [0.2, 0.25) is 0 Å². The first-order valence-corrected chi connectivity index (χ1v) is 7.91. The molecule has 1 aromatic rings. The Morgan fingerprint density at radius 1 is 1.10 bits per heavy atom. The predicted molar refractivity (Wildman–Crippen MR) is 83.8 cm³/mol. The fourth-order valence-electron chi connectivity index (χ4n) is 3.36. The second-order valence-electron chi connectivity index (χ2n) is 6.46. The standard InChI is InChI=1S/C17H26N2O2/c1-12-10-14-16(11-13(12)2)21-9-4-15(17(14)20)19-7-5-18(3)6-8-19/h10-11,15,17,20H,4-9H2,1-3H3/t15-,17+/m0/s1. The normalized spacial score (nSPS) is 27.8. The summed E-state index contributed by atoms with van der Waals surface area (Å²) in [5, 5.41) is 10.9. The van der Waals surface area contributed by atoms with Crippen LogP contribution in [0.2, 0.25) is 0 Å². The van der Waals surface area contributed by atoms with E-state index in [2.05, 4.69) is 42.8 Å². The highest BCUT2D eigenvalue weighted by molar-refractivity contribution is 5.44. The van der Waals surface area contributed by atoms with Gasteiger partial charge in [-0.25, -0.2) is 0 Å². The van der Waals surface area contributed by atoms with Gasteiger partial charge in [-0.2, -0.15) is 0 Å². The van der Waals surface area contributed by atoms with Gasteiger partial charge < -0.3 is 14.7 Å². The molecule has 116 valence electrons. The average Bonchev–Trinajstić information content (AvgIpc) is 2.61. The van der Waals surface area contributed by atoms with Crippen molar-refractivity contribution in [1.29, 1.82) is 0 Å². The van der Waals surface area contributed by atoms with Crippen LogP contribution in [0.25, 0.3) is 0 Å². The lowest BCUT2D eigenvalue weighted by atomic mass is 9.95. The molecule has 2 heterocycles. The van der Waals surface area contributed by atoms with Gasteiger partial charge in [0.15, 0.2) is 0 Å². The van der Waals surface area contributed by atoms with Crippen molar-refractivity contribution in [2.24, 2.45) is 0 Å². The minimum absolute atomic E-state index is 0.169. The number of rotatable bonds is 1. The summed E-state index contributed by atoms with van der Waals surface area (Å²) in [5.74, 6) is 0.863. The van der Waals surface area contributed by atoms with Crippen molar-refractivity contribution in [2.75, 3.05) is 39.8 Å². The molecule has 0 bridgehead atoms. The van der Waals surface area contributed by atoms with E-state index in [0.717, 1.165) is 43.9 Å². The number of hydrogen-bond acceptors (Lipinski definition) is 4. The molecule has 1 saturated heterocycles. The molecule has 21 heavy (non-hydrogen) atoms. The second-order valence-corrected chi connectivity index (χ2v) is 6.46.